The van der Waals surface area contributed by atoms with E-state index in [2.05, 4.69) is 65.0 Å². The van der Waals surface area contributed by atoms with E-state index in [9.17, 15) is 15.0 Å². The first-order valence-electron chi connectivity index (χ1n) is 13.5. The number of imidazole rings is 1. The van der Waals surface area contributed by atoms with Crippen LogP contribution in [0.4, 0.5) is 5.95 Å². The van der Waals surface area contributed by atoms with Crippen LogP contribution in [0.2, 0.25) is 5.04 Å². The Kier molecular flexibility index (Phi) is 7.95. The highest BCUT2D eigenvalue weighted by atomic mass is 28.4. The van der Waals surface area contributed by atoms with Gasteiger partial charge in [0.2, 0.25) is 5.95 Å². The highest BCUT2D eigenvalue weighted by Crippen LogP contribution is 2.38. The van der Waals surface area contributed by atoms with E-state index in [0.717, 1.165) is 10.4 Å². The maximum atomic E-state index is 12.6. The third kappa shape index (κ3) is 5.36. The lowest BCUT2D eigenvalue weighted by atomic mass is 10.1. The van der Waals surface area contributed by atoms with Gasteiger partial charge in [-0.25, -0.2) is 9.98 Å². The summed E-state index contributed by atoms with van der Waals surface area (Å²) in [6.07, 6.45) is -1.56. The standard InChI is InChI=1S/C29H36N6O5Si/c1-29(2,3)41(19-12-8-6-9-13-19,20-14-10-7-11-15-20)39-16-21-23(36)24(37)27(40-21)35-18-30-22-25(35)32-28(33-26(22)38)31-17-34(4)5/h6-15,17-18,21,23-24,27,36-37H,16H2,1-5H3,(H,32,33,38)/t21-,23-,24-,27-/m1/s1. The van der Waals surface area contributed by atoms with Crippen LogP contribution < -0.4 is 15.9 Å². The molecule has 2 aromatic heterocycles. The molecule has 2 aromatic carbocycles. The molecule has 41 heavy (non-hydrogen) atoms. The number of hydrogen-bond donors (Lipinski definition) is 3. The van der Waals surface area contributed by atoms with Gasteiger partial charge in [0.05, 0.1) is 19.3 Å². The Hall–Kier alpha value is -3.68. The molecule has 4 aromatic rings. The highest BCUT2D eigenvalue weighted by molar-refractivity contribution is 6.99. The van der Waals surface area contributed by atoms with Crippen molar-refractivity contribution >= 4 is 42.1 Å². The Morgan fingerprint density at radius 1 is 1.07 bits per heavy atom. The minimum atomic E-state index is -2.90. The van der Waals surface area contributed by atoms with Crippen LogP contribution in [-0.4, -0.2) is 88.3 Å². The zero-order valence-corrected chi connectivity index (χ0v) is 24.8. The van der Waals surface area contributed by atoms with E-state index in [4.69, 9.17) is 9.16 Å². The normalized spacial score (nSPS) is 21.6. The summed E-state index contributed by atoms with van der Waals surface area (Å²) < 4.78 is 14.6. The van der Waals surface area contributed by atoms with Gasteiger partial charge in [0.1, 0.15) is 18.3 Å². The maximum Gasteiger partial charge on any atom is 0.280 e. The van der Waals surface area contributed by atoms with Gasteiger partial charge in [-0.3, -0.25) is 14.3 Å². The summed E-state index contributed by atoms with van der Waals surface area (Å²) in [7, 11) is 0.687. The Balaban J connectivity index is 1.47. The molecular formula is C29H36N6O5Si. The Labute approximate surface area is 239 Å². The number of aromatic nitrogens is 4. The molecule has 0 saturated carbocycles. The molecule has 0 bridgehead atoms. The third-order valence-electron chi connectivity index (χ3n) is 7.32. The number of nitrogens with zero attached hydrogens (tertiary/aromatic N) is 5. The molecule has 0 aliphatic carbocycles. The second kappa shape index (κ2) is 11.3. The van der Waals surface area contributed by atoms with Crippen LogP contribution in [0.5, 0.6) is 0 Å². The number of fused-ring (bicyclic) bond motifs is 1. The molecule has 0 spiro atoms. The van der Waals surface area contributed by atoms with E-state index in [1.165, 1.54) is 17.2 Å². The van der Waals surface area contributed by atoms with E-state index < -0.39 is 38.4 Å². The molecule has 1 aliphatic rings. The number of hydrogen-bond acceptors (Lipinski definition) is 8. The van der Waals surface area contributed by atoms with Crippen molar-refractivity contribution in [2.24, 2.45) is 4.99 Å². The number of aliphatic hydroxyl groups is 2. The van der Waals surface area contributed by atoms with Crippen LogP contribution in [-0.2, 0) is 9.16 Å². The summed E-state index contributed by atoms with van der Waals surface area (Å²) in [6, 6.07) is 20.3. The first kappa shape index (κ1) is 28.8. The topological polar surface area (TPSA) is 138 Å². The first-order chi connectivity index (χ1) is 19.5. The summed E-state index contributed by atoms with van der Waals surface area (Å²) in [5.74, 6) is 0.0811. The molecule has 0 unspecified atom stereocenters. The molecule has 1 aliphatic heterocycles. The smallest absolute Gasteiger partial charge is 0.280 e. The van der Waals surface area contributed by atoms with E-state index in [1.807, 2.05) is 36.4 Å². The maximum absolute atomic E-state index is 12.6. The lowest BCUT2D eigenvalue weighted by Gasteiger charge is -2.43. The zero-order chi connectivity index (χ0) is 29.4. The van der Waals surface area contributed by atoms with Crippen LogP contribution in [0, 0.1) is 0 Å². The van der Waals surface area contributed by atoms with Crippen molar-refractivity contribution in [2.45, 2.75) is 50.3 Å². The van der Waals surface area contributed by atoms with Gasteiger partial charge in [0.25, 0.3) is 13.9 Å². The summed E-state index contributed by atoms with van der Waals surface area (Å²) in [4.78, 5) is 29.7. The van der Waals surface area contributed by atoms with Gasteiger partial charge in [-0.15, -0.1) is 0 Å². The number of aromatic amines is 1. The average molecular weight is 577 g/mol. The third-order valence-corrected chi connectivity index (χ3v) is 12.3. The van der Waals surface area contributed by atoms with Gasteiger partial charge in [0, 0.05) is 14.1 Å². The average Bonchev–Trinajstić information content (AvgIpc) is 3.49. The van der Waals surface area contributed by atoms with E-state index in [-0.39, 0.29) is 28.8 Å². The molecular weight excluding hydrogens is 540 g/mol. The van der Waals surface area contributed by atoms with Crippen molar-refractivity contribution in [1.29, 1.82) is 0 Å². The van der Waals surface area contributed by atoms with Crippen molar-refractivity contribution in [3.63, 3.8) is 0 Å². The van der Waals surface area contributed by atoms with E-state index in [1.54, 1.807) is 19.0 Å². The molecule has 1 fully saturated rings. The Bertz CT molecular complexity index is 1530. The van der Waals surface area contributed by atoms with Gasteiger partial charge >= 0.3 is 0 Å². The number of aliphatic hydroxyl groups excluding tert-OH is 2. The van der Waals surface area contributed by atoms with Crippen LogP contribution in [0.1, 0.15) is 27.0 Å². The summed E-state index contributed by atoms with van der Waals surface area (Å²) in [6.45, 7) is 6.54. The van der Waals surface area contributed by atoms with Gasteiger partial charge in [-0.05, 0) is 15.4 Å². The van der Waals surface area contributed by atoms with Crippen LogP contribution in [0.15, 0.2) is 76.8 Å². The van der Waals surface area contributed by atoms with Gasteiger partial charge in [-0.1, -0.05) is 81.4 Å². The van der Waals surface area contributed by atoms with Crippen LogP contribution in [0.3, 0.4) is 0 Å². The SMILES string of the molecule is CN(C)C=Nc1nc2c(ncn2[C@@H]2O[C@H](CO[Si](c3ccccc3)(c3ccccc3)C(C)(C)C)[C@@H](O)[C@H]2O)c(=O)[nH]1. The van der Waals surface area contributed by atoms with Gasteiger partial charge in [-0.2, -0.15) is 4.98 Å². The second-order valence-electron chi connectivity index (χ2n) is 11.4. The monoisotopic (exact) mass is 576 g/mol. The fourth-order valence-electron chi connectivity index (χ4n) is 5.40. The Morgan fingerprint density at radius 3 is 2.24 bits per heavy atom. The number of benzene rings is 2. The summed E-state index contributed by atoms with van der Waals surface area (Å²) >= 11 is 0. The van der Waals surface area contributed by atoms with Crippen LogP contribution in [0.25, 0.3) is 11.2 Å². The van der Waals surface area contributed by atoms with E-state index in [0.29, 0.717) is 0 Å². The predicted molar refractivity (Wildman–Crippen MR) is 159 cm³/mol. The summed E-state index contributed by atoms with van der Waals surface area (Å²) in [5.41, 5.74) is -0.213. The lowest BCUT2D eigenvalue weighted by molar-refractivity contribution is -0.0486. The number of ether oxygens (including phenoxy) is 1. The molecule has 0 amide bonds. The second-order valence-corrected chi connectivity index (χ2v) is 15.7. The zero-order valence-electron chi connectivity index (χ0n) is 23.8. The fraction of sp³-hybridized carbons (Fsp3) is 0.379. The molecule has 0 radical (unpaired) electrons. The van der Waals surface area contributed by atoms with Crippen LogP contribution >= 0.6 is 0 Å². The van der Waals surface area contributed by atoms with Crippen molar-refractivity contribution in [3.05, 3.63) is 77.3 Å². The first-order valence-corrected chi connectivity index (χ1v) is 15.4. The number of H-pyrrole nitrogens is 1. The lowest BCUT2D eigenvalue weighted by Crippen LogP contribution is -2.67. The van der Waals surface area contributed by atoms with Crippen molar-refractivity contribution in [3.8, 4) is 0 Å². The molecule has 4 atom stereocenters. The highest BCUT2D eigenvalue weighted by Gasteiger charge is 2.52. The van der Waals surface area contributed by atoms with Crippen molar-refractivity contribution < 1.29 is 19.4 Å². The summed E-state index contributed by atoms with van der Waals surface area (Å²) in [5, 5.41) is 24.1. The minimum Gasteiger partial charge on any atom is -0.405 e. The number of aliphatic imine (C=N–C) groups is 1. The number of nitrogens with one attached hydrogen (secondary N) is 1. The Morgan fingerprint density at radius 2 is 1.68 bits per heavy atom. The van der Waals surface area contributed by atoms with E-state index >= 15 is 0 Å². The molecule has 1 saturated heterocycles. The van der Waals surface area contributed by atoms with Crippen molar-refractivity contribution in [1.82, 2.24) is 24.4 Å². The molecule has 3 heterocycles. The molecule has 3 N–H and O–H groups in total. The molecule has 5 rings (SSSR count). The van der Waals surface area contributed by atoms with Gasteiger partial charge < -0.3 is 24.3 Å². The fourth-order valence-corrected chi connectivity index (χ4v) is 9.97. The quantitative estimate of drug-likeness (QED) is 0.163. The largest absolute Gasteiger partial charge is 0.405 e. The molecule has 216 valence electrons. The predicted octanol–water partition coefficient (Wildman–Crippen LogP) is 1.54. The minimum absolute atomic E-state index is 0.0427. The molecule has 11 nitrogen and oxygen atoms in total. The van der Waals surface area contributed by atoms with Crippen molar-refractivity contribution in [2.75, 3.05) is 20.7 Å². The van der Waals surface area contributed by atoms with Gasteiger partial charge in [0.15, 0.2) is 17.4 Å². The number of rotatable bonds is 8. The molecule has 12 heteroatoms.